The van der Waals surface area contributed by atoms with E-state index in [2.05, 4.69) is 158 Å². The van der Waals surface area contributed by atoms with Crippen molar-refractivity contribution in [2.45, 2.75) is 51.4 Å². The zero-order valence-electron chi connectivity index (χ0n) is 36.7. The van der Waals surface area contributed by atoms with Gasteiger partial charge in [-0.2, -0.15) is 9.97 Å². The highest BCUT2D eigenvalue weighted by molar-refractivity contribution is 6.26. The van der Waals surface area contributed by atoms with E-state index in [1.54, 1.807) is 0 Å². The van der Waals surface area contributed by atoms with Crippen LogP contribution in [-0.2, 0) is 10.8 Å². The van der Waals surface area contributed by atoms with Gasteiger partial charge < -0.3 is 8.98 Å². The van der Waals surface area contributed by atoms with Gasteiger partial charge in [-0.3, -0.25) is 4.57 Å². The van der Waals surface area contributed by atoms with Gasteiger partial charge in [0.2, 0.25) is 11.8 Å². The molecule has 7 nitrogen and oxygen atoms in total. The van der Waals surface area contributed by atoms with Crippen LogP contribution in [0, 0.1) is 0 Å². The molecule has 0 atom stereocenters. The van der Waals surface area contributed by atoms with E-state index in [0.29, 0.717) is 29.1 Å². The third-order valence-corrected chi connectivity index (χ3v) is 14.1. The Morgan fingerprint density at radius 1 is 0.477 bits per heavy atom. The third-order valence-electron chi connectivity index (χ3n) is 14.1. The summed E-state index contributed by atoms with van der Waals surface area (Å²) in [6, 6.07) is 59.9. The maximum absolute atomic E-state index is 6.26. The summed E-state index contributed by atoms with van der Waals surface area (Å²) in [5.74, 6) is 2.26. The fourth-order valence-electron chi connectivity index (χ4n) is 10.6. The summed E-state index contributed by atoms with van der Waals surface area (Å²) in [5.41, 5.74) is 12.6. The van der Waals surface area contributed by atoms with Crippen LogP contribution in [0.1, 0.15) is 51.7 Å². The molecular weight excluding hydrogens is 797 g/mol. The molecule has 0 saturated heterocycles. The monoisotopic (exact) mass is 840 g/mol. The Morgan fingerprint density at radius 3 is 1.98 bits per heavy atom. The maximum Gasteiger partial charge on any atom is 0.238 e. The molecule has 0 saturated carbocycles. The number of para-hydroxylation sites is 2. The molecule has 0 bridgehead atoms. The lowest BCUT2D eigenvalue weighted by Crippen LogP contribution is -2.33. The highest BCUT2D eigenvalue weighted by Crippen LogP contribution is 2.50. The van der Waals surface area contributed by atoms with E-state index in [0.717, 1.165) is 78.8 Å². The summed E-state index contributed by atoms with van der Waals surface area (Å²) in [5, 5.41) is 6.86. The lowest BCUT2D eigenvalue weighted by Gasteiger charge is -2.42. The Hall–Kier alpha value is -7.90. The van der Waals surface area contributed by atoms with Gasteiger partial charge in [-0.15, -0.1) is 0 Å². The van der Waals surface area contributed by atoms with Crippen LogP contribution in [-0.4, -0.2) is 29.1 Å². The predicted molar refractivity (Wildman–Crippen MR) is 265 cm³/mol. The van der Waals surface area contributed by atoms with Crippen LogP contribution in [0.2, 0.25) is 0 Å². The number of benzene rings is 8. The molecule has 0 spiro atoms. The van der Waals surface area contributed by atoms with E-state index in [1.165, 1.54) is 27.4 Å². The number of fused-ring (bicyclic) bond motifs is 10. The molecule has 0 amide bonds. The minimum atomic E-state index is 0.0180. The summed E-state index contributed by atoms with van der Waals surface area (Å²) in [4.78, 5) is 21.2. The molecule has 1 aliphatic carbocycles. The topological polar surface area (TPSA) is 74.6 Å². The zero-order valence-corrected chi connectivity index (χ0v) is 36.7. The standard InChI is InChI=1S/C58H44N6O/c1-57(2)30-31-58(3,4)45-34-49-43(33-44(45)57)51-48(63(49)38-20-9-6-10-21-38)28-27-41-40-23-13-14-25-47(40)64(52(41)51)56-61-53(60-54(62-56)42-24-15-19-35-16-11-12-22-39(35)42)37-26-29-50-46(32-37)59-55(65-50)36-17-7-5-8-18-36/h5-29,32-34H,30-31H2,1-4H3. The minimum absolute atomic E-state index is 0.0180. The van der Waals surface area contributed by atoms with Crippen molar-refractivity contribution in [2.75, 3.05) is 0 Å². The highest BCUT2D eigenvalue weighted by Gasteiger charge is 2.38. The molecule has 8 aromatic carbocycles. The van der Waals surface area contributed by atoms with Gasteiger partial charge in [-0.1, -0.05) is 131 Å². The Kier molecular flexibility index (Phi) is 7.99. The van der Waals surface area contributed by atoms with Crippen LogP contribution in [0.25, 0.3) is 111 Å². The molecule has 4 aromatic heterocycles. The van der Waals surface area contributed by atoms with Crippen LogP contribution in [0.5, 0.6) is 0 Å². The Labute approximate surface area is 375 Å². The van der Waals surface area contributed by atoms with Crippen molar-refractivity contribution in [2.24, 2.45) is 0 Å². The van der Waals surface area contributed by atoms with E-state index in [4.69, 9.17) is 24.4 Å². The summed E-state index contributed by atoms with van der Waals surface area (Å²) >= 11 is 0. The molecule has 7 heteroatoms. The lowest BCUT2D eigenvalue weighted by atomic mass is 9.63. The molecule has 0 radical (unpaired) electrons. The predicted octanol–water partition coefficient (Wildman–Crippen LogP) is 14.7. The van der Waals surface area contributed by atoms with Crippen LogP contribution in [0.4, 0.5) is 0 Å². The van der Waals surface area contributed by atoms with Gasteiger partial charge in [0.15, 0.2) is 17.2 Å². The molecule has 12 aromatic rings. The van der Waals surface area contributed by atoms with Crippen LogP contribution in [0.3, 0.4) is 0 Å². The summed E-state index contributed by atoms with van der Waals surface area (Å²) in [6.45, 7) is 9.64. The zero-order chi connectivity index (χ0) is 43.6. The first-order chi connectivity index (χ1) is 31.7. The Morgan fingerprint density at radius 2 is 1.17 bits per heavy atom. The van der Waals surface area contributed by atoms with Crippen molar-refractivity contribution in [3.05, 3.63) is 181 Å². The molecule has 0 N–H and O–H groups in total. The van der Waals surface area contributed by atoms with Gasteiger partial charge in [-0.05, 0) is 112 Å². The maximum atomic E-state index is 6.26. The molecule has 0 aliphatic heterocycles. The van der Waals surface area contributed by atoms with Crippen molar-refractivity contribution < 1.29 is 4.42 Å². The van der Waals surface area contributed by atoms with Crippen molar-refractivity contribution in [1.29, 1.82) is 0 Å². The third kappa shape index (κ3) is 5.74. The second-order valence-corrected chi connectivity index (χ2v) is 18.9. The fourth-order valence-corrected chi connectivity index (χ4v) is 10.6. The van der Waals surface area contributed by atoms with Gasteiger partial charge >= 0.3 is 0 Å². The normalized spacial score (nSPS) is 14.6. The highest BCUT2D eigenvalue weighted by atomic mass is 16.3. The molecule has 13 rings (SSSR count). The van der Waals surface area contributed by atoms with E-state index < -0.39 is 0 Å². The van der Waals surface area contributed by atoms with Gasteiger partial charge in [0.25, 0.3) is 0 Å². The number of rotatable bonds is 5. The van der Waals surface area contributed by atoms with Crippen molar-refractivity contribution in [3.8, 4) is 45.9 Å². The van der Waals surface area contributed by atoms with Gasteiger partial charge in [0, 0.05) is 43.9 Å². The second-order valence-electron chi connectivity index (χ2n) is 18.9. The van der Waals surface area contributed by atoms with Crippen molar-refractivity contribution in [3.63, 3.8) is 0 Å². The number of hydrogen-bond donors (Lipinski definition) is 0. The number of oxazole rings is 1. The molecule has 65 heavy (non-hydrogen) atoms. The first-order valence-electron chi connectivity index (χ1n) is 22.5. The molecule has 1 aliphatic rings. The van der Waals surface area contributed by atoms with Crippen LogP contribution < -0.4 is 0 Å². The molecule has 0 unspecified atom stereocenters. The number of hydrogen-bond acceptors (Lipinski definition) is 5. The van der Waals surface area contributed by atoms with E-state index in [9.17, 15) is 0 Å². The smallest absolute Gasteiger partial charge is 0.238 e. The molecule has 0 fully saturated rings. The summed E-state index contributed by atoms with van der Waals surface area (Å²) in [6.07, 6.45) is 2.27. The Balaban J connectivity index is 1.15. The molecule has 4 heterocycles. The van der Waals surface area contributed by atoms with E-state index in [1.807, 2.05) is 48.5 Å². The minimum Gasteiger partial charge on any atom is -0.436 e. The lowest BCUT2D eigenvalue weighted by molar-refractivity contribution is 0.332. The van der Waals surface area contributed by atoms with E-state index >= 15 is 0 Å². The first kappa shape index (κ1) is 37.6. The van der Waals surface area contributed by atoms with E-state index in [-0.39, 0.29) is 10.8 Å². The van der Waals surface area contributed by atoms with Gasteiger partial charge in [0.05, 0.1) is 22.1 Å². The number of nitrogens with zero attached hydrogens (tertiary/aromatic N) is 6. The summed E-state index contributed by atoms with van der Waals surface area (Å²) in [7, 11) is 0. The SMILES string of the molecule is CC1(C)CCC(C)(C)c2cc3c(cc21)c1c(ccc2c4ccccc4n(-c4nc(-c5ccc6oc(-c7ccccc7)nc6c5)nc(-c5cccc6ccccc56)n4)c21)n3-c1ccccc1. The fraction of sp³-hybridized carbons (Fsp3) is 0.138. The van der Waals surface area contributed by atoms with Crippen molar-refractivity contribution in [1.82, 2.24) is 29.1 Å². The van der Waals surface area contributed by atoms with Gasteiger partial charge in [0.1, 0.15) is 5.52 Å². The van der Waals surface area contributed by atoms with Crippen LogP contribution in [0.15, 0.2) is 174 Å². The van der Waals surface area contributed by atoms with Crippen LogP contribution >= 0.6 is 0 Å². The molecular formula is C58H44N6O. The largest absolute Gasteiger partial charge is 0.436 e. The quantitative estimate of drug-likeness (QED) is 0.173. The molecule has 312 valence electrons. The average Bonchev–Trinajstić information content (AvgIpc) is 4.03. The average molecular weight is 841 g/mol. The Bertz CT molecular complexity index is 3890. The summed E-state index contributed by atoms with van der Waals surface area (Å²) < 4.78 is 11.0. The van der Waals surface area contributed by atoms with Gasteiger partial charge in [-0.25, -0.2) is 9.97 Å². The van der Waals surface area contributed by atoms with Crippen molar-refractivity contribution >= 4 is 65.5 Å². The number of aromatic nitrogens is 6. The second kappa shape index (κ2) is 13.8. The first-order valence-corrected chi connectivity index (χ1v) is 22.5.